The van der Waals surface area contributed by atoms with Crippen molar-refractivity contribution in [3.05, 3.63) is 35.9 Å². The van der Waals surface area contributed by atoms with Gasteiger partial charge in [-0.25, -0.2) is 0 Å². The normalized spacial score (nSPS) is 22.2. The quantitative estimate of drug-likeness (QED) is 0.822. The van der Waals surface area contributed by atoms with Crippen LogP contribution in [-0.2, 0) is 4.74 Å². The van der Waals surface area contributed by atoms with Crippen LogP contribution in [0.3, 0.4) is 0 Å². The van der Waals surface area contributed by atoms with Crippen molar-refractivity contribution in [3.8, 4) is 0 Å². The lowest BCUT2D eigenvalue weighted by molar-refractivity contribution is 0.0572. The highest BCUT2D eigenvalue weighted by Crippen LogP contribution is 2.18. The van der Waals surface area contributed by atoms with Gasteiger partial charge in [0.15, 0.2) is 0 Å². The summed E-state index contributed by atoms with van der Waals surface area (Å²) in [6.07, 6.45) is 2.71. The van der Waals surface area contributed by atoms with Crippen LogP contribution in [0.1, 0.15) is 31.4 Å². The molecule has 1 aromatic carbocycles. The van der Waals surface area contributed by atoms with Crippen LogP contribution in [0, 0.1) is 5.92 Å². The number of benzene rings is 1. The summed E-state index contributed by atoms with van der Waals surface area (Å²) in [5.41, 5.74) is 1.27. The van der Waals surface area contributed by atoms with E-state index in [2.05, 4.69) is 36.5 Å². The van der Waals surface area contributed by atoms with Crippen LogP contribution in [0.4, 0.5) is 0 Å². The maximum Gasteiger partial charge on any atom is 0.0796 e. The summed E-state index contributed by atoms with van der Waals surface area (Å²) in [5, 5.41) is 3.39. The molecule has 1 N–H and O–H groups in total. The Hall–Kier alpha value is -0.860. The summed E-state index contributed by atoms with van der Waals surface area (Å²) in [5.74, 6) is 0.822. The van der Waals surface area contributed by atoms with Gasteiger partial charge in [0.1, 0.15) is 0 Å². The molecule has 0 bridgehead atoms. The lowest BCUT2D eigenvalue weighted by atomic mass is 10.1. The van der Waals surface area contributed by atoms with E-state index in [9.17, 15) is 0 Å². The van der Waals surface area contributed by atoms with E-state index in [0.29, 0.717) is 0 Å². The van der Waals surface area contributed by atoms with Crippen molar-refractivity contribution in [1.29, 1.82) is 0 Å². The summed E-state index contributed by atoms with van der Waals surface area (Å²) in [7, 11) is 0. The van der Waals surface area contributed by atoms with Crippen molar-refractivity contribution in [2.75, 3.05) is 19.7 Å². The zero-order valence-corrected chi connectivity index (χ0v) is 9.99. The van der Waals surface area contributed by atoms with E-state index in [1.165, 1.54) is 31.5 Å². The molecule has 0 amide bonds. The molecule has 88 valence electrons. The van der Waals surface area contributed by atoms with Gasteiger partial charge in [-0.15, -0.1) is 0 Å². The van der Waals surface area contributed by atoms with Gasteiger partial charge in [-0.2, -0.15) is 0 Å². The minimum Gasteiger partial charge on any atom is -0.374 e. The highest BCUT2D eigenvalue weighted by molar-refractivity contribution is 5.16. The molecule has 2 heteroatoms. The summed E-state index contributed by atoms with van der Waals surface area (Å²) < 4.78 is 5.86. The van der Waals surface area contributed by atoms with Gasteiger partial charge in [0.2, 0.25) is 0 Å². The predicted molar refractivity (Wildman–Crippen MR) is 66.4 cm³/mol. The number of ether oxygens (including phenoxy) is 1. The topological polar surface area (TPSA) is 21.3 Å². The molecule has 2 nitrogen and oxygen atoms in total. The predicted octanol–water partition coefficient (Wildman–Crippen LogP) is 2.76. The Morgan fingerprint density at radius 3 is 2.88 bits per heavy atom. The number of rotatable bonds is 5. The minimum atomic E-state index is 0.218. The monoisotopic (exact) mass is 219 g/mol. The number of hydrogen-bond acceptors (Lipinski definition) is 2. The maximum atomic E-state index is 5.86. The van der Waals surface area contributed by atoms with Crippen LogP contribution in [-0.4, -0.2) is 19.7 Å². The Kier molecular flexibility index (Phi) is 4.37. The Bertz CT molecular complexity index is 293. The molecule has 2 unspecified atom stereocenters. The third-order valence-electron chi connectivity index (χ3n) is 3.33. The van der Waals surface area contributed by atoms with Crippen molar-refractivity contribution >= 4 is 0 Å². The van der Waals surface area contributed by atoms with Crippen LogP contribution in [0.15, 0.2) is 30.3 Å². The van der Waals surface area contributed by atoms with Gasteiger partial charge >= 0.3 is 0 Å². The second kappa shape index (κ2) is 6.02. The Morgan fingerprint density at radius 1 is 1.38 bits per heavy atom. The summed E-state index contributed by atoms with van der Waals surface area (Å²) in [4.78, 5) is 0. The average molecular weight is 219 g/mol. The first-order chi connectivity index (χ1) is 7.86. The van der Waals surface area contributed by atoms with E-state index in [1.807, 2.05) is 6.07 Å². The van der Waals surface area contributed by atoms with Crippen LogP contribution < -0.4 is 5.32 Å². The smallest absolute Gasteiger partial charge is 0.0796 e. The van der Waals surface area contributed by atoms with Gasteiger partial charge in [0, 0.05) is 6.61 Å². The standard InChI is InChI=1S/C14H21NO/c1-12(14-5-3-2-4-6-14)16-10-8-13-7-9-15-11-13/h2-6,12-13,15H,7-11H2,1H3. The SMILES string of the molecule is CC(OCCC1CCNC1)c1ccccc1. The molecule has 0 radical (unpaired) electrons. The molecule has 0 aliphatic carbocycles. The second-order valence-corrected chi connectivity index (χ2v) is 4.57. The van der Waals surface area contributed by atoms with Crippen LogP contribution in [0.25, 0.3) is 0 Å². The van der Waals surface area contributed by atoms with E-state index in [-0.39, 0.29) is 6.10 Å². The highest BCUT2D eigenvalue weighted by Gasteiger charge is 2.14. The Balaban J connectivity index is 1.69. The summed E-state index contributed by atoms with van der Waals surface area (Å²) >= 11 is 0. The lowest BCUT2D eigenvalue weighted by Crippen LogP contribution is -2.11. The van der Waals surface area contributed by atoms with Crippen LogP contribution >= 0.6 is 0 Å². The van der Waals surface area contributed by atoms with E-state index in [1.54, 1.807) is 0 Å². The molecule has 0 aromatic heterocycles. The van der Waals surface area contributed by atoms with E-state index in [0.717, 1.165) is 12.5 Å². The highest BCUT2D eigenvalue weighted by atomic mass is 16.5. The molecule has 1 saturated heterocycles. The van der Waals surface area contributed by atoms with Crippen molar-refractivity contribution in [3.63, 3.8) is 0 Å². The fourth-order valence-electron chi connectivity index (χ4n) is 2.19. The van der Waals surface area contributed by atoms with E-state index in [4.69, 9.17) is 4.74 Å². The number of nitrogens with one attached hydrogen (secondary N) is 1. The molecular formula is C14H21NO. The molecule has 0 saturated carbocycles. The van der Waals surface area contributed by atoms with Gasteiger partial charge in [0.25, 0.3) is 0 Å². The molecular weight excluding hydrogens is 198 g/mol. The third-order valence-corrected chi connectivity index (χ3v) is 3.33. The van der Waals surface area contributed by atoms with E-state index < -0.39 is 0 Å². The van der Waals surface area contributed by atoms with Gasteiger partial charge < -0.3 is 10.1 Å². The van der Waals surface area contributed by atoms with Crippen LogP contribution in [0.2, 0.25) is 0 Å². The van der Waals surface area contributed by atoms with Crippen molar-refractivity contribution in [2.45, 2.75) is 25.9 Å². The summed E-state index contributed by atoms with van der Waals surface area (Å²) in [6.45, 7) is 5.35. The molecule has 1 heterocycles. The number of hydrogen-bond donors (Lipinski definition) is 1. The molecule has 2 atom stereocenters. The van der Waals surface area contributed by atoms with Gasteiger partial charge in [-0.3, -0.25) is 0 Å². The minimum absolute atomic E-state index is 0.218. The fraction of sp³-hybridized carbons (Fsp3) is 0.571. The zero-order valence-electron chi connectivity index (χ0n) is 9.99. The Labute approximate surface area is 98.0 Å². The van der Waals surface area contributed by atoms with Gasteiger partial charge in [0.05, 0.1) is 6.10 Å². The summed E-state index contributed by atoms with van der Waals surface area (Å²) in [6, 6.07) is 10.4. The first kappa shape index (κ1) is 11.6. The first-order valence-electron chi connectivity index (χ1n) is 6.23. The van der Waals surface area contributed by atoms with Crippen molar-refractivity contribution < 1.29 is 4.74 Å². The molecule has 16 heavy (non-hydrogen) atoms. The molecule has 0 spiro atoms. The van der Waals surface area contributed by atoms with Crippen LogP contribution in [0.5, 0.6) is 0 Å². The fourth-order valence-corrected chi connectivity index (χ4v) is 2.19. The average Bonchev–Trinajstić information content (AvgIpc) is 2.83. The van der Waals surface area contributed by atoms with Crippen molar-refractivity contribution in [2.24, 2.45) is 5.92 Å². The molecule has 1 aliphatic heterocycles. The molecule has 1 fully saturated rings. The van der Waals surface area contributed by atoms with Gasteiger partial charge in [-0.1, -0.05) is 30.3 Å². The second-order valence-electron chi connectivity index (χ2n) is 4.57. The Morgan fingerprint density at radius 2 is 2.19 bits per heavy atom. The lowest BCUT2D eigenvalue weighted by Gasteiger charge is -2.15. The molecule has 1 aliphatic rings. The largest absolute Gasteiger partial charge is 0.374 e. The third kappa shape index (κ3) is 3.32. The zero-order chi connectivity index (χ0) is 11.2. The van der Waals surface area contributed by atoms with E-state index >= 15 is 0 Å². The maximum absolute atomic E-state index is 5.86. The molecule has 1 aromatic rings. The van der Waals surface area contributed by atoms with Crippen molar-refractivity contribution in [1.82, 2.24) is 5.32 Å². The van der Waals surface area contributed by atoms with Gasteiger partial charge in [-0.05, 0) is 44.3 Å². The first-order valence-corrected chi connectivity index (χ1v) is 6.23. The molecule has 2 rings (SSSR count).